The van der Waals surface area contributed by atoms with Crippen LogP contribution in [0, 0.1) is 11.8 Å². The predicted octanol–water partition coefficient (Wildman–Crippen LogP) is 3.96. The van der Waals surface area contributed by atoms with Crippen LogP contribution in [0.3, 0.4) is 0 Å². The van der Waals surface area contributed by atoms with Crippen LogP contribution in [0.1, 0.15) is 50.6 Å². The summed E-state index contributed by atoms with van der Waals surface area (Å²) >= 11 is 0. The fraction of sp³-hybridized carbons (Fsp3) is 0.500. The number of aromatic nitrogens is 1. The molecule has 1 atom stereocenters. The minimum atomic E-state index is 0.232. The van der Waals surface area contributed by atoms with Gasteiger partial charge in [0.2, 0.25) is 0 Å². The quantitative estimate of drug-likeness (QED) is 0.659. The van der Waals surface area contributed by atoms with Crippen molar-refractivity contribution in [2.24, 2.45) is 17.7 Å². The molecule has 1 aliphatic carbocycles. The molecule has 1 aromatic heterocycles. The Hall–Kier alpha value is -1.45. The first-order chi connectivity index (χ1) is 10.3. The lowest BCUT2D eigenvalue weighted by Crippen LogP contribution is -2.35. The minimum Gasteiger partial charge on any atom is -0.271 e. The van der Waals surface area contributed by atoms with Gasteiger partial charge in [-0.3, -0.25) is 16.3 Å². The summed E-state index contributed by atoms with van der Waals surface area (Å²) in [5, 5.41) is 1.22. The van der Waals surface area contributed by atoms with Crippen molar-refractivity contribution in [3.05, 3.63) is 42.1 Å². The number of fused-ring (bicyclic) bond motifs is 1. The number of hydrogen-bond acceptors (Lipinski definition) is 3. The van der Waals surface area contributed by atoms with Gasteiger partial charge in [0, 0.05) is 17.6 Å². The summed E-state index contributed by atoms with van der Waals surface area (Å²) in [7, 11) is 0. The summed E-state index contributed by atoms with van der Waals surface area (Å²) < 4.78 is 0. The Morgan fingerprint density at radius 3 is 2.67 bits per heavy atom. The highest BCUT2D eigenvalue weighted by molar-refractivity contribution is 5.82. The Labute approximate surface area is 126 Å². The van der Waals surface area contributed by atoms with Crippen LogP contribution < -0.4 is 11.3 Å². The van der Waals surface area contributed by atoms with Crippen LogP contribution in [0.2, 0.25) is 0 Å². The molecule has 112 valence electrons. The maximum absolute atomic E-state index is 5.92. The lowest BCUT2D eigenvalue weighted by molar-refractivity contribution is 0.220. The van der Waals surface area contributed by atoms with Crippen molar-refractivity contribution in [3.63, 3.8) is 0 Å². The van der Waals surface area contributed by atoms with E-state index in [0.717, 1.165) is 11.4 Å². The number of rotatable bonds is 4. The summed E-state index contributed by atoms with van der Waals surface area (Å²) in [5.41, 5.74) is 5.43. The van der Waals surface area contributed by atoms with E-state index in [1.807, 2.05) is 12.3 Å². The van der Waals surface area contributed by atoms with Crippen molar-refractivity contribution >= 4 is 10.9 Å². The summed E-state index contributed by atoms with van der Waals surface area (Å²) in [6, 6.07) is 10.7. The number of para-hydroxylation sites is 1. The van der Waals surface area contributed by atoms with Gasteiger partial charge in [0.1, 0.15) is 0 Å². The molecule has 0 amide bonds. The Morgan fingerprint density at radius 1 is 1.19 bits per heavy atom. The lowest BCUT2D eigenvalue weighted by atomic mass is 9.76. The summed E-state index contributed by atoms with van der Waals surface area (Å²) in [4.78, 5) is 4.46. The average Bonchev–Trinajstić information content (AvgIpc) is 2.56. The molecule has 0 spiro atoms. The highest BCUT2D eigenvalue weighted by atomic mass is 15.2. The zero-order chi connectivity index (χ0) is 14.7. The monoisotopic (exact) mass is 283 g/mol. The molecular weight excluding hydrogens is 258 g/mol. The number of nitrogens with one attached hydrogen (secondary N) is 1. The minimum absolute atomic E-state index is 0.232. The smallest absolute Gasteiger partial charge is 0.0705 e. The van der Waals surface area contributed by atoms with Crippen molar-refractivity contribution in [3.8, 4) is 0 Å². The van der Waals surface area contributed by atoms with Gasteiger partial charge < -0.3 is 0 Å². The SMILES string of the molecule is CCC1CCC(C(NN)c2ccnc3ccccc23)CC1. The zero-order valence-electron chi connectivity index (χ0n) is 12.8. The van der Waals surface area contributed by atoms with E-state index in [1.165, 1.54) is 43.1 Å². The van der Waals surface area contributed by atoms with Crippen molar-refractivity contribution < 1.29 is 0 Å². The van der Waals surface area contributed by atoms with Gasteiger partial charge in [0.25, 0.3) is 0 Å². The summed E-state index contributed by atoms with van der Waals surface area (Å²) in [6.45, 7) is 2.31. The molecule has 0 bridgehead atoms. The van der Waals surface area contributed by atoms with Gasteiger partial charge in [-0.05, 0) is 42.4 Å². The van der Waals surface area contributed by atoms with Crippen molar-refractivity contribution in [1.82, 2.24) is 10.4 Å². The molecule has 21 heavy (non-hydrogen) atoms. The van der Waals surface area contributed by atoms with Gasteiger partial charge in [0.15, 0.2) is 0 Å². The molecule has 0 radical (unpaired) electrons. The van der Waals surface area contributed by atoms with Gasteiger partial charge in [-0.15, -0.1) is 0 Å². The summed E-state index contributed by atoms with van der Waals surface area (Å²) in [6.07, 6.45) is 8.42. The number of nitrogens with zero attached hydrogens (tertiary/aromatic N) is 1. The first-order valence-electron chi connectivity index (χ1n) is 8.13. The Kier molecular flexibility index (Phi) is 4.51. The Morgan fingerprint density at radius 2 is 1.95 bits per heavy atom. The molecule has 0 aliphatic heterocycles. The number of hydrazine groups is 1. The van der Waals surface area contributed by atoms with E-state index in [-0.39, 0.29) is 6.04 Å². The third-order valence-corrected chi connectivity index (χ3v) is 5.14. The zero-order valence-corrected chi connectivity index (χ0v) is 12.8. The molecule has 1 unspecified atom stereocenters. The molecule has 3 nitrogen and oxygen atoms in total. The maximum Gasteiger partial charge on any atom is 0.0705 e. The molecule has 1 aromatic carbocycles. The second-order valence-corrected chi connectivity index (χ2v) is 6.25. The van der Waals surface area contributed by atoms with Crippen LogP contribution in [0.25, 0.3) is 10.9 Å². The molecule has 1 heterocycles. The van der Waals surface area contributed by atoms with E-state index in [0.29, 0.717) is 5.92 Å². The molecule has 0 saturated heterocycles. The van der Waals surface area contributed by atoms with Gasteiger partial charge in [-0.1, -0.05) is 44.4 Å². The number of hydrogen-bond donors (Lipinski definition) is 2. The van der Waals surface area contributed by atoms with Crippen LogP contribution >= 0.6 is 0 Å². The third-order valence-electron chi connectivity index (χ3n) is 5.14. The first-order valence-corrected chi connectivity index (χ1v) is 8.13. The molecule has 3 N–H and O–H groups in total. The van der Waals surface area contributed by atoms with Gasteiger partial charge in [0.05, 0.1) is 5.52 Å². The first kappa shape index (κ1) is 14.5. The van der Waals surface area contributed by atoms with E-state index >= 15 is 0 Å². The van der Waals surface area contributed by atoms with Crippen molar-refractivity contribution in [2.75, 3.05) is 0 Å². The van der Waals surface area contributed by atoms with Crippen LogP contribution in [0.5, 0.6) is 0 Å². The second-order valence-electron chi connectivity index (χ2n) is 6.25. The van der Waals surface area contributed by atoms with E-state index in [2.05, 4.69) is 41.6 Å². The Balaban J connectivity index is 1.88. The molecule has 1 fully saturated rings. The van der Waals surface area contributed by atoms with E-state index < -0.39 is 0 Å². The highest BCUT2D eigenvalue weighted by Gasteiger charge is 2.28. The van der Waals surface area contributed by atoms with Crippen LogP contribution in [-0.4, -0.2) is 4.98 Å². The fourth-order valence-corrected chi connectivity index (χ4v) is 3.80. The number of nitrogens with two attached hydrogens (primary N) is 1. The Bertz CT molecular complexity index is 583. The highest BCUT2D eigenvalue weighted by Crippen LogP contribution is 2.39. The second kappa shape index (κ2) is 6.54. The molecule has 1 aliphatic rings. The molecule has 2 aromatic rings. The van der Waals surface area contributed by atoms with Crippen LogP contribution in [-0.2, 0) is 0 Å². The topological polar surface area (TPSA) is 50.9 Å². The number of benzene rings is 1. The largest absolute Gasteiger partial charge is 0.271 e. The average molecular weight is 283 g/mol. The predicted molar refractivity (Wildman–Crippen MR) is 87.5 cm³/mol. The van der Waals surface area contributed by atoms with Gasteiger partial charge in [-0.2, -0.15) is 0 Å². The van der Waals surface area contributed by atoms with E-state index in [4.69, 9.17) is 5.84 Å². The molecule has 3 heteroatoms. The lowest BCUT2D eigenvalue weighted by Gasteiger charge is -2.34. The van der Waals surface area contributed by atoms with Crippen LogP contribution in [0.4, 0.5) is 0 Å². The van der Waals surface area contributed by atoms with E-state index in [1.54, 1.807) is 0 Å². The number of pyridine rings is 1. The molecular formula is C18H25N3. The molecule has 1 saturated carbocycles. The maximum atomic E-state index is 5.92. The normalized spacial score (nSPS) is 24.1. The standard InChI is InChI=1S/C18H25N3/c1-2-13-7-9-14(10-8-13)18(21-19)16-11-12-20-17-6-4-3-5-15(16)17/h3-6,11-14,18,21H,2,7-10,19H2,1H3. The fourth-order valence-electron chi connectivity index (χ4n) is 3.80. The third kappa shape index (κ3) is 2.94. The van der Waals surface area contributed by atoms with E-state index in [9.17, 15) is 0 Å². The van der Waals surface area contributed by atoms with Crippen molar-refractivity contribution in [2.45, 2.75) is 45.1 Å². The van der Waals surface area contributed by atoms with Crippen molar-refractivity contribution in [1.29, 1.82) is 0 Å². The van der Waals surface area contributed by atoms with Gasteiger partial charge in [-0.25, -0.2) is 0 Å². The van der Waals surface area contributed by atoms with Gasteiger partial charge >= 0.3 is 0 Å². The summed E-state index contributed by atoms with van der Waals surface area (Å²) in [5.74, 6) is 7.46. The van der Waals surface area contributed by atoms with Crippen LogP contribution in [0.15, 0.2) is 36.5 Å². The molecule has 3 rings (SSSR count).